The summed E-state index contributed by atoms with van der Waals surface area (Å²) in [7, 11) is 0. The third kappa shape index (κ3) is 2.04. The molecule has 0 fully saturated rings. The second-order valence-corrected chi connectivity index (χ2v) is 3.72. The SMILES string of the molecule is O=[N+]([O-])c1ccccc1-c1cccc(Cl)c1. The second-order valence-electron chi connectivity index (χ2n) is 3.28. The van der Waals surface area contributed by atoms with Crippen LogP contribution in [0.2, 0.25) is 5.02 Å². The first-order valence-electron chi connectivity index (χ1n) is 4.68. The molecule has 16 heavy (non-hydrogen) atoms. The summed E-state index contributed by atoms with van der Waals surface area (Å²) in [6, 6.07) is 13.6. The van der Waals surface area contributed by atoms with Gasteiger partial charge in [-0.25, -0.2) is 0 Å². The van der Waals surface area contributed by atoms with E-state index in [2.05, 4.69) is 0 Å². The van der Waals surface area contributed by atoms with Gasteiger partial charge in [0, 0.05) is 11.1 Å². The van der Waals surface area contributed by atoms with E-state index in [4.69, 9.17) is 11.6 Å². The van der Waals surface area contributed by atoms with Gasteiger partial charge in [0.1, 0.15) is 0 Å². The average Bonchev–Trinajstić information content (AvgIpc) is 2.29. The molecule has 2 aromatic rings. The highest BCUT2D eigenvalue weighted by Gasteiger charge is 2.13. The minimum absolute atomic E-state index is 0.0877. The van der Waals surface area contributed by atoms with E-state index >= 15 is 0 Å². The van der Waals surface area contributed by atoms with Gasteiger partial charge in [-0.2, -0.15) is 0 Å². The fourth-order valence-corrected chi connectivity index (χ4v) is 1.72. The van der Waals surface area contributed by atoms with Crippen LogP contribution in [0.15, 0.2) is 48.5 Å². The largest absolute Gasteiger partial charge is 0.277 e. The van der Waals surface area contributed by atoms with Gasteiger partial charge >= 0.3 is 0 Å². The Morgan fingerprint density at radius 1 is 1.06 bits per heavy atom. The third-order valence-corrected chi connectivity index (χ3v) is 2.47. The standard InChI is InChI=1S/C12H8ClNO2/c13-10-5-3-4-9(8-10)11-6-1-2-7-12(11)14(15)16/h1-8H. The maximum Gasteiger partial charge on any atom is 0.277 e. The molecule has 0 aromatic heterocycles. The van der Waals surface area contributed by atoms with E-state index in [1.54, 1.807) is 42.5 Å². The van der Waals surface area contributed by atoms with Crippen molar-refractivity contribution in [3.63, 3.8) is 0 Å². The molecule has 0 saturated carbocycles. The predicted octanol–water partition coefficient (Wildman–Crippen LogP) is 3.92. The van der Waals surface area contributed by atoms with Crippen LogP contribution in [0.3, 0.4) is 0 Å². The number of hydrogen-bond acceptors (Lipinski definition) is 2. The van der Waals surface area contributed by atoms with Crippen molar-refractivity contribution in [3.05, 3.63) is 63.7 Å². The van der Waals surface area contributed by atoms with E-state index < -0.39 is 4.92 Å². The van der Waals surface area contributed by atoms with Gasteiger partial charge in [-0.3, -0.25) is 10.1 Å². The summed E-state index contributed by atoms with van der Waals surface area (Å²) >= 11 is 5.86. The number of para-hydroxylation sites is 1. The third-order valence-electron chi connectivity index (χ3n) is 2.24. The van der Waals surface area contributed by atoms with Gasteiger partial charge in [-0.15, -0.1) is 0 Å². The molecule has 0 aliphatic heterocycles. The Labute approximate surface area is 97.4 Å². The lowest BCUT2D eigenvalue weighted by Crippen LogP contribution is -1.91. The summed E-state index contributed by atoms with van der Waals surface area (Å²) in [5.74, 6) is 0. The number of nitro groups is 1. The first kappa shape index (κ1) is 10.6. The molecule has 0 amide bonds. The number of halogens is 1. The number of rotatable bonds is 2. The molecule has 0 heterocycles. The van der Waals surface area contributed by atoms with E-state index in [1.807, 2.05) is 0 Å². The Kier molecular flexibility index (Phi) is 2.88. The molecule has 0 bridgehead atoms. The lowest BCUT2D eigenvalue weighted by atomic mass is 10.0. The topological polar surface area (TPSA) is 43.1 Å². The molecular formula is C12H8ClNO2. The molecule has 0 aliphatic carbocycles. The second kappa shape index (κ2) is 4.33. The smallest absolute Gasteiger partial charge is 0.258 e. The highest BCUT2D eigenvalue weighted by molar-refractivity contribution is 6.30. The van der Waals surface area contributed by atoms with Crippen LogP contribution in [0.5, 0.6) is 0 Å². The summed E-state index contributed by atoms with van der Waals surface area (Å²) in [4.78, 5) is 10.5. The van der Waals surface area contributed by atoms with Gasteiger partial charge in [-0.05, 0) is 23.8 Å². The number of nitro benzene ring substituents is 1. The van der Waals surface area contributed by atoms with Crippen LogP contribution in [0.25, 0.3) is 11.1 Å². The highest BCUT2D eigenvalue weighted by Crippen LogP contribution is 2.30. The Balaban J connectivity index is 2.60. The molecule has 0 N–H and O–H groups in total. The van der Waals surface area contributed by atoms with Crippen molar-refractivity contribution < 1.29 is 4.92 Å². The lowest BCUT2D eigenvalue weighted by Gasteiger charge is -2.02. The molecule has 0 spiro atoms. The fraction of sp³-hybridized carbons (Fsp3) is 0. The molecule has 0 aliphatic rings. The number of hydrogen-bond donors (Lipinski definition) is 0. The van der Waals surface area contributed by atoms with E-state index in [9.17, 15) is 10.1 Å². The molecular weight excluding hydrogens is 226 g/mol. The Morgan fingerprint density at radius 3 is 2.50 bits per heavy atom. The predicted molar refractivity (Wildman–Crippen MR) is 63.5 cm³/mol. The van der Waals surface area contributed by atoms with Crippen LogP contribution in [-0.4, -0.2) is 4.92 Å². The van der Waals surface area contributed by atoms with Crippen molar-refractivity contribution in [3.8, 4) is 11.1 Å². The Morgan fingerprint density at radius 2 is 1.81 bits per heavy atom. The molecule has 2 aromatic carbocycles. The van der Waals surface area contributed by atoms with Crippen LogP contribution in [0.1, 0.15) is 0 Å². The molecule has 3 nitrogen and oxygen atoms in total. The molecule has 0 radical (unpaired) electrons. The number of nitrogens with zero attached hydrogens (tertiary/aromatic N) is 1. The van der Waals surface area contributed by atoms with Gasteiger partial charge in [0.15, 0.2) is 0 Å². The zero-order valence-electron chi connectivity index (χ0n) is 8.26. The summed E-state index contributed by atoms with van der Waals surface area (Å²) in [5.41, 5.74) is 1.42. The van der Waals surface area contributed by atoms with Gasteiger partial charge in [0.2, 0.25) is 0 Å². The first-order valence-corrected chi connectivity index (χ1v) is 5.05. The van der Waals surface area contributed by atoms with E-state index in [-0.39, 0.29) is 5.69 Å². The monoisotopic (exact) mass is 233 g/mol. The van der Waals surface area contributed by atoms with Crippen molar-refractivity contribution in [1.29, 1.82) is 0 Å². The zero-order chi connectivity index (χ0) is 11.5. The Hall–Kier alpha value is -1.87. The van der Waals surface area contributed by atoms with Crippen LogP contribution in [-0.2, 0) is 0 Å². The average molecular weight is 234 g/mol. The first-order chi connectivity index (χ1) is 7.68. The molecule has 4 heteroatoms. The van der Waals surface area contributed by atoms with Gasteiger partial charge in [-0.1, -0.05) is 35.9 Å². The lowest BCUT2D eigenvalue weighted by molar-refractivity contribution is -0.384. The van der Waals surface area contributed by atoms with Crippen LogP contribution < -0.4 is 0 Å². The minimum atomic E-state index is -0.393. The van der Waals surface area contributed by atoms with Crippen LogP contribution in [0.4, 0.5) is 5.69 Å². The molecule has 2 rings (SSSR count). The summed E-state index contributed by atoms with van der Waals surface area (Å²) < 4.78 is 0. The van der Waals surface area contributed by atoms with E-state index in [0.717, 1.165) is 5.56 Å². The van der Waals surface area contributed by atoms with Gasteiger partial charge < -0.3 is 0 Å². The van der Waals surface area contributed by atoms with Crippen molar-refractivity contribution in [2.24, 2.45) is 0 Å². The van der Waals surface area contributed by atoms with Crippen molar-refractivity contribution >= 4 is 17.3 Å². The Bertz CT molecular complexity index is 540. The minimum Gasteiger partial charge on any atom is -0.258 e. The zero-order valence-corrected chi connectivity index (χ0v) is 9.02. The normalized spacial score (nSPS) is 10.1. The van der Waals surface area contributed by atoms with Crippen LogP contribution >= 0.6 is 11.6 Å². The highest BCUT2D eigenvalue weighted by atomic mass is 35.5. The number of benzene rings is 2. The summed E-state index contributed by atoms with van der Waals surface area (Å²) in [5, 5.41) is 11.4. The molecule has 80 valence electrons. The van der Waals surface area contributed by atoms with Crippen molar-refractivity contribution in [2.75, 3.05) is 0 Å². The molecule has 0 unspecified atom stereocenters. The van der Waals surface area contributed by atoms with E-state index in [1.165, 1.54) is 6.07 Å². The molecule has 0 saturated heterocycles. The summed E-state index contributed by atoms with van der Waals surface area (Å²) in [6.07, 6.45) is 0. The van der Waals surface area contributed by atoms with Gasteiger partial charge in [0.05, 0.1) is 10.5 Å². The maximum absolute atomic E-state index is 10.9. The fourth-order valence-electron chi connectivity index (χ4n) is 1.53. The van der Waals surface area contributed by atoms with Crippen LogP contribution in [0, 0.1) is 10.1 Å². The molecule has 0 atom stereocenters. The van der Waals surface area contributed by atoms with Gasteiger partial charge in [0.25, 0.3) is 5.69 Å². The summed E-state index contributed by atoms with van der Waals surface area (Å²) in [6.45, 7) is 0. The quantitative estimate of drug-likeness (QED) is 0.583. The van der Waals surface area contributed by atoms with Crippen molar-refractivity contribution in [2.45, 2.75) is 0 Å². The van der Waals surface area contributed by atoms with Crippen molar-refractivity contribution in [1.82, 2.24) is 0 Å². The maximum atomic E-state index is 10.9. The van der Waals surface area contributed by atoms with E-state index in [0.29, 0.717) is 10.6 Å².